The molecule has 0 aliphatic carbocycles. The van der Waals surface area contributed by atoms with Crippen LogP contribution in [-0.2, 0) is 65.4 Å². The van der Waals surface area contributed by atoms with E-state index in [2.05, 4.69) is 41.5 Å². The van der Waals surface area contributed by atoms with Gasteiger partial charge in [-0.1, -0.05) is 420 Å². The topological polar surface area (TPSA) is 237 Å². The Bertz CT molecular complexity index is 2050. The molecule has 107 heavy (non-hydrogen) atoms. The summed E-state index contributed by atoms with van der Waals surface area (Å²) in [6, 6.07) is 0. The van der Waals surface area contributed by atoms with Crippen LogP contribution < -0.4 is 0 Å². The van der Waals surface area contributed by atoms with E-state index in [1.165, 1.54) is 289 Å². The molecule has 0 heterocycles. The number of rotatable bonds is 87. The van der Waals surface area contributed by atoms with E-state index >= 15 is 0 Å². The Balaban J connectivity index is 5.19. The van der Waals surface area contributed by atoms with Crippen molar-refractivity contribution in [3.63, 3.8) is 0 Å². The van der Waals surface area contributed by atoms with Gasteiger partial charge in [-0.05, 0) is 37.5 Å². The van der Waals surface area contributed by atoms with E-state index in [1.807, 2.05) is 0 Å². The summed E-state index contributed by atoms with van der Waals surface area (Å²) in [5.74, 6) is -0.406. The van der Waals surface area contributed by atoms with Gasteiger partial charge in [0.2, 0.25) is 0 Å². The third kappa shape index (κ3) is 80.5. The quantitative estimate of drug-likeness (QED) is 0.0222. The molecule has 0 amide bonds. The highest BCUT2D eigenvalue weighted by Gasteiger charge is 2.31. The fourth-order valence-corrected chi connectivity index (χ4v) is 15.3. The van der Waals surface area contributed by atoms with Crippen molar-refractivity contribution in [1.29, 1.82) is 0 Å². The van der Waals surface area contributed by atoms with Crippen molar-refractivity contribution in [2.45, 2.75) is 490 Å². The Labute approximate surface area is 658 Å². The van der Waals surface area contributed by atoms with Crippen molar-refractivity contribution in [2.75, 3.05) is 39.6 Å². The number of aliphatic hydroxyl groups is 1. The Morgan fingerprint density at radius 1 is 0.271 bits per heavy atom. The summed E-state index contributed by atoms with van der Waals surface area (Å²) in [4.78, 5) is 73.2. The number of carbonyl (C=O) groups excluding carboxylic acids is 4. The first-order valence-corrected chi connectivity index (χ1v) is 48.5. The largest absolute Gasteiger partial charge is 0.472 e. The highest BCUT2D eigenvalue weighted by molar-refractivity contribution is 7.47. The van der Waals surface area contributed by atoms with Crippen molar-refractivity contribution in [2.24, 2.45) is 11.8 Å². The molecule has 6 atom stereocenters. The van der Waals surface area contributed by atoms with Gasteiger partial charge in [-0.25, -0.2) is 9.13 Å². The predicted octanol–water partition coefficient (Wildman–Crippen LogP) is 27.0. The average molecular weight is 1560 g/mol. The predicted molar refractivity (Wildman–Crippen MR) is 442 cm³/mol. The molecule has 636 valence electrons. The van der Waals surface area contributed by atoms with Crippen LogP contribution in [0.15, 0.2) is 0 Å². The first-order valence-electron chi connectivity index (χ1n) is 45.5. The van der Waals surface area contributed by atoms with Gasteiger partial charge >= 0.3 is 39.5 Å². The number of unbranched alkanes of at least 4 members (excludes halogenated alkanes) is 56. The molecule has 0 aromatic carbocycles. The van der Waals surface area contributed by atoms with Gasteiger partial charge in [-0.3, -0.25) is 37.3 Å². The van der Waals surface area contributed by atoms with E-state index in [9.17, 15) is 43.2 Å². The summed E-state index contributed by atoms with van der Waals surface area (Å²) >= 11 is 0. The second-order valence-electron chi connectivity index (χ2n) is 32.4. The maximum Gasteiger partial charge on any atom is 0.472 e. The third-order valence-corrected chi connectivity index (χ3v) is 23.0. The van der Waals surface area contributed by atoms with Crippen LogP contribution in [0.2, 0.25) is 0 Å². The molecule has 17 nitrogen and oxygen atoms in total. The Kier molecular flexibility index (Phi) is 77.9. The van der Waals surface area contributed by atoms with Crippen LogP contribution in [0.4, 0.5) is 0 Å². The van der Waals surface area contributed by atoms with E-state index in [-0.39, 0.29) is 25.7 Å². The zero-order chi connectivity index (χ0) is 78.5. The van der Waals surface area contributed by atoms with E-state index in [1.54, 1.807) is 0 Å². The number of hydrogen-bond donors (Lipinski definition) is 3. The maximum atomic E-state index is 13.2. The zero-order valence-corrected chi connectivity index (χ0v) is 72.2. The average Bonchev–Trinajstić information content (AvgIpc) is 0.903. The molecule has 3 N–H and O–H groups in total. The van der Waals surface area contributed by atoms with Crippen LogP contribution in [0.5, 0.6) is 0 Å². The summed E-state index contributed by atoms with van der Waals surface area (Å²) in [5.41, 5.74) is 0. The molecule has 0 spiro atoms. The van der Waals surface area contributed by atoms with Gasteiger partial charge in [0.25, 0.3) is 0 Å². The van der Waals surface area contributed by atoms with Gasteiger partial charge < -0.3 is 33.8 Å². The lowest BCUT2D eigenvalue weighted by molar-refractivity contribution is -0.161. The number of aliphatic hydroxyl groups excluding tert-OH is 1. The summed E-state index contributed by atoms with van der Waals surface area (Å²) in [6.07, 6.45) is 72.2. The molecule has 0 aliphatic heterocycles. The minimum atomic E-state index is -4.97. The lowest BCUT2D eigenvalue weighted by atomic mass is 9.99. The van der Waals surface area contributed by atoms with Gasteiger partial charge in [-0.15, -0.1) is 0 Å². The van der Waals surface area contributed by atoms with E-state index in [0.717, 1.165) is 102 Å². The molecule has 0 rings (SSSR count). The van der Waals surface area contributed by atoms with Crippen LogP contribution >= 0.6 is 15.6 Å². The van der Waals surface area contributed by atoms with Crippen LogP contribution in [0, 0.1) is 11.8 Å². The molecule has 0 saturated heterocycles. The Hall–Kier alpha value is -1.94. The molecule has 0 fully saturated rings. The molecule has 0 saturated carbocycles. The number of esters is 4. The molecule has 0 radical (unpaired) electrons. The highest BCUT2D eigenvalue weighted by Crippen LogP contribution is 2.45. The molecule has 3 unspecified atom stereocenters. The Morgan fingerprint density at radius 3 is 0.710 bits per heavy atom. The summed E-state index contributed by atoms with van der Waals surface area (Å²) < 4.78 is 68.9. The second kappa shape index (κ2) is 79.3. The van der Waals surface area contributed by atoms with Gasteiger partial charge in [0.1, 0.15) is 19.3 Å². The molecule has 0 aromatic heterocycles. The maximum absolute atomic E-state index is 13.2. The lowest BCUT2D eigenvalue weighted by Gasteiger charge is -2.21. The normalized spacial score (nSPS) is 14.0. The van der Waals surface area contributed by atoms with Crippen LogP contribution in [0.25, 0.3) is 0 Å². The molecule has 19 heteroatoms. The minimum Gasteiger partial charge on any atom is -0.462 e. The van der Waals surface area contributed by atoms with E-state index < -0.39 is 97.5 Å². The minimum absolute atomic E-state index is 0.108. The monoisotopic (exact) mass is 1560 g/mol. The number of phosphoric ester groups is 2. The first kappa shape index (κ1) is 105. The number of carbonyl (C=O) groups is 4. The van der Waals surface area contributed by atoms with Crippen molar-refractivity contribution in [3.05, 3.63) is 0 Å². The van der Waals surface area contributed by atoms with Crippen molar-refractivity contribution < 1.29 is 80.2 Å². The van der Waals surface area contributed by atoms with E-state index in [0.29, 0.717) is 25.7 Å². The molecular formula is C88H172O17P2. The fraction of sp³-hybridized carbons (Fsp3) is 0.955. The standard InChI is InChI=1S/C88H172O17P2/c1-7-10-12-14-16-18-19-20-29-37-42-48-54-60-66-72-87(92)104-83(76-98-85(90)70-64-58-52-44-17-15-13-11-8-2)78-102-106(94,95)100-74-82(89)75-101-107(96,97)103-79-84(77-99-86(91)71-65-59-53-47-41-36-32-27-23-21-25-30-34-39-45-50-56-62-68-80(4)5)105-88(93)73-67-61-55-49-43-38-33-28-24-22-26-31-35-40-46-51-57-63-69-81(6)9-3/h80-84,89H,7-79H2,1-6H3,(H,94,95)(H,96,97)/t81?,82-,83+,84+/m0/s1. The zero-order valence-electron chi connectivity index (χ0n) is 70.5. The SMILES string of the molecule is CCCCCCCCCCCCCCCCCC(=O)O[C@H](COC(=O)CCCCCCCCCCC)COP(=O)(O)OC[C@H](O)COP(=O)(O)OC[C@@H](COC(=O)CCCCCCCCCCCCCCCCCCCCC(C)C)OC(=O)CCCCCCCCCCCCCCCCCCCCC(C)CC. The lowest BCUT2D eigenvalue weighted by Crippen LogP contribution is -2.30. The van der Waals surface area contributed by atoms with Crippen LogP contribution in [-0.4, -0.2) is 96.7 Å². The number of hydrogen-bond acceptors (Lipinski definition) is 15. The highest BCUT2D eigenvalue weighted by atomic mass is 31.2. The van der Waals surface area contributed by atoms with Gasteiger partial charge in [-0.2, -0.15) is 0 Å². The van der Waals surface area contributed by atoms with Gasteiger partial charge in [0, 0.05) is 25.7 Å². The smallest absolute Gasteiger partial charge is 0.462 e. The molecular weight excluding hydrogens is 1390 g/mol. The summed E-state index contributed by atoms with van der Waals surface area (Å²) in [5, 5.41) is 10.7. The number of phosphoric acid groups is 2. The summed E-state index contributed by atoms with van der Waals surface area (Å²) in [6.45, 7) is 9.77. The Morgan fingerprint density at radius 2 is 0.477 bits per heavy atom. The van der Waals surface area contributed by atoms with Crippen molar-refractivity contribution >= 4 is 39.5 Å². The number of ether oxygens (including phenoxy) is 4. The molecule has 0 aliphatic rings. The second-order valence-corrected chi connectivity index (χ2v) is 35.3. The molecule has 0 aromatic rings. The van der Waals surface area contributed by atoms with Crippen molar-refractivity contribution in [1.82, 2.24) is 0 Å². The van der Waals surface area contributed by atoms with Crippen LogP contribution in [0.1, 0.15) is 472 Å². The van der Waals surface area contributed by atoms with Crippen molar-refractivity contribution in [3.8, 4) is 0 Å². The summed E-state index contributed by atoms with van der Waals surface area (Å²) in [7, 11) is -9.93. The fourth-order valence-electron chi connectivity index (χ4n) is 13.7. The third-order valence-electron chi connectivity index (χ3n) is 21.1. The van der Waals surface area contributed by atoms with E-state index in [4.69, 9.17) is 37.0 Å². The first-order chi connectivity index (χ1) is 51.9. The van der Waals surface area contributed by atoms with Crippen LogP contribution in [0.3, 0.4) is 0 Å². The molecule has 0 bridgehead atoms. The van der Waals surface area contributed by atoms with Gasteiger partial charge in [0.05, 0.1) is 26.4 Å². The van der Waals surface area contributed by atoms with Gasteiger partial charge in [0.15, 0.2) is 12.2 Å².